The first-order chi connectivity index (χ1) is 14.0. The number of carbonyl (C=O) groups excluding carboxylic acids is 1. The minimum atomic E-state index is -0.139. The van der Waals surface area contributed by atoms with E-state index in [4.69, 9.17) is 0 Å². The van der Waals surface area contributed by atoms with Crippen LogP contribution in [0.25, 0.3) is 16.7 Å². The Morgan fingerprint density at radius 3 is 2.59 bits per heavy atom. The van der Waals surface area contributed by atoms with Crippen molar-refractivity contribution in [3.63, 3.8) is 0 Å². The lowest BCUT2D eigenvalue weighted by atomic mass is 10.1. The molecule has 0 aliphatic carbocycles. The van der Waals surface area contributed by atoms with E-state index in [9.17, 15) is 4.79 Å². The van der Waals surface area contributed by atoms with Gasteiger partial charge in [0, 0.05) is 30.0 Å². The van der Waals surface area contributed by atoms with Crippen molar-refractivity contribution in [1.82, 2.24) is 29.9 Å². The molecule has 0 spiro atoms. The van der Waals surface area contributed by atoms with Gasteiger partial charge in [0.1, 0.15) is 0 Å². The van der Waals surface area contributed by atoms with Crippen molar-refractivity contribution in [2.24, 2.45) is 0 Å². The van der Waals surface area contributed by atoms with E-state index in [0.29, 0.717) is 17.8 Å². The molecule has 0 aliphatic rings. The van der Waals surface area contributed by atoms with E-state index < -0.39 is 0 Å². The number of nitrogens with zero attached hydrogens (tertiary/aromatic N) is 5. The Morgan fingerprint density at radius 2 is 1.90 bits per heavy atom. The number of rotatable bonds is 5. The number of fused-ring (bicyclic) bond motifs is 1. The van der Waals surface area contributed by atoms with Gasteiger partial charge < -0.3 is 5.32 Å². The Labute approximate surface area is 169 Å². The predicted molar refractivity (Wildman–Crippen MR) is 112 cm³/mol. The maximum absolute atomic E-state index is 13.1. The quantitative estimate of drug-likeness (QED) is 0.568. The number of amides is 1. The number of hydrogen-bond acceptors (Lipinski definition) is 4. The van der Waals surface area contributed by atoms with Gasteiger partial charge in [-0.15, -0.1) is 0 Å². The molecule has 1 N–H and O–H groups in total. The molecule has 0 unspecified atom stereocenters. The maximum Gasteiger partial charge on any atom is 0.252 e. The van der Waals surface area contributed by atoms with Crippen molar-refractivity contribution >= 4 is 16.9 Å². The van der Waals surface area contributed by atoms with Crippen LogP contribution in [0.15, 0.2) is 42.6 Å². The molecule has 0 saturated carbocycles. The molecule has 0 saturated heterocycles. The van der Waals surface area contributed by atoms with E-state index in [1.165, 1.54) is 0 Å². The Kier molecular flexibility index (Phi) is 4.88. The molecule has 7 heteroatoms. The molecule has 1 aromatic carbocycles. The molecular weight excluding hydrogens is 364 g/mol. The second-order valence-corrected chi connectivity index (χ2v) is 7.10. The first kappa shape index (κ1) is 18.9. The summed E-state index contributed by atoms with van der Waals surface area (Å²) < 4.78 is 3.72. The standard InChI is InChI=1S/C22H24N6O/c1-5-27-16(4)17(13-24-27)12-23-22(29)19-11-14(2)25-21-20(19)15(3)26-28(21)18-9-7-6-8-10-18/h6-11,13H,5,12H2,1-4H3,(H,23,29). The van der Waals surface area contributed by atoms with Gasteiger partial charge in [-0.05, 0) is 45.9 Å². The Hall–Kier alpha value is -3.48. The third-order valence-corrected chi connectivity index (χ3v) is 5.13. The minimum Gasteiger partial charge on any atom is -0.348 e. The van der Waals surface area contributed by atoms with Crippen LogP contribution in [0.5, 0.6) is 0 Å². The zero-order valence-corrected chi connectivity index (χ0v) is 17.1. The van der Waals surface area contributed by atoms with Crippen LogP contribution in [-0.2, 0) is 13.1 Å². The van der Waals surface area contributed by atoms with Crippen molar-refractivity contribution in [3.05, 3.63) is 70.8 Å². The molecule has 29 heavy (non-hydrogen) atoms. The molecule has 0 fully saturated rings. The van der Waals surface area contributed by atoms with E-state index in [0.717, 1.165) is 40.3 Å². The fourth-order valence-corrected chi connectivity index (χ4v) is 3.59. The van der Waals surface area contributed by atoms with E-state index in [1.807, 2.05) is 75.0 Å². The van der Waals surface area contributed by atoms with E-state index >= 15 is 0 Å². The van der Waals surface area contributed by atoms with Crippen LogP contribution in [-0.4, -0.2) is 30.5 Å². The predicted octanol–water partition coefficient (Wildman–Crippen LogP) is 3.49. The van der Waals surface area contributed by atoms with Gasteiger partial charge in [0.05, 0.1) is 28.5 Å². The molecule has 0 bridgehead atoms. The lowest BCUT2D eigenvalue weighted by Crippen LogP contribution is -2.23. The van der Waals surface area contributed by atoms with Gasteiger partial charge in [-0.25, -0.2) is 9.67 Å². The summed E-state index contributed by atoms with van der Waals surface area (Å²) in [7, 11) is 0. The molecule has 3 heterocycles. The lowest BCUT2D eigenvalue weighted by Gasteiger charge is -2.09. The highest BCUT2D eigenvalue weighted by Crippen LogP contribution is 2.25. The van der Waals surface area contributed by atoms with Gasteiger partial charge in [0.25, 0.3) is 5.91 Å². The molecule has 148 valence electrons. The van der Waals surface area contributed by atoms with Crippen molar-refractivity contribution in [3.8, 4) is 5.69 Å². The monoisotopic (exact) mass is 388 g/mol. The first-order valence-electron chi connectivity index (χ1n) is 9.71. The Bertz CT molecular complexity index is 1190. The number of carbonyl (C=O) groups is 1. The van der Waals surface area contributed by atoms with E-state index in [1.54, 1.807) is 4.68 Å². The highest BCUT2D eigenvalue weighted by Gasteiger charge is 2.19. The van der Waals surface area contributed by atoms with E-state index in [-0.39, 0.29) is 5.91 Å². The van der Waals surface area contributed by atoms with Gasteiger partial charge >= 0.3 is 0 Å². The highest BCUT2D eigenvalue weighted by molar-refractivity contribution is 6.06. The van der Waals surface area contributed by atoms with Crippen molar-refractivity contribution < 1.29 is 4.79 Å². The second kappa shape index (κ2) is 7.50. The minimum absolute atomic E-state index is 0.139. The summed E-state index contributed by atoms with van der Waals surface area (Å²) in [6, 6.07) is 11.7. The third kappa shape index (κ3) is 3.40. The molecule has 1 amide bonds. The van der Waals surface area contributed by atoms with Gasteiger partial charge in [-0.1, -0.05) is 18.2 Å². The fraction of sp³-hybridized carbons (Fsp3) is 0.273. The van der Waals surface area contributed by atoms with Gasteiger partial charge in [0.15, 0.2) is 5.65 Å². The summed E-state index contributed by atoms with van der Waals surface area (Å²) in [5.74, 6) is -0.139. The SMILES string of the molecule is CCn1ncc(CNC(=O)c2cc(C)nc3c2c(C)nn3-c2ccccc2)c1C. The van der Waals surface area contributed by atoms with Gasteiger partial charge in [0.2, 0.25) is 0 Å². The molecular formula is C22H24N6O. The van der Waals surface area contributed by atoms with Crippen LogP contribution in [0.4, 0.5) is 0 Å². The van der Waals surface area contributed by atoms with Crippen molar-refractivity contribution in [1.29, 1.82) is 0 Å². The molecule has 7 nitrogen and oxygen atoms in total. The summed E-state index contributed by atoms with van der Waals surface area (Å²) in [5.41, 5.74) is 5.82. The summed E-state index contributed by atoms with van der Waals surface area (Å²) in [5, 5.41) is 12.8. The molecule has 0 radical (unpaired) electrons. The van der Waals surface area contributed by atoms with Crippen LogP contribution in [0.1, 0.15) is 39.9 Å². The number of para-hydroxylation sites is 1. The number of nitrogens with one attached hydrogen (secondary N) is 1. The summed E-state index contributed by atoms with van der Waals surface area (Å²) >= 11 is 0. The molecule has 0 atom stereocenters. The van der Waals surface area contributed by atoms with Gasteiger partial charge in [-0.3, -0.25) is 9.48 Å². The number of aryl methyl sites for hydroxylation is 3. The number of pyridine rings is 1. The highest BCUT2D eigenvalue weighted by atomic mass is 16.1. The summed E-state index contributed by atoms with van der Waals surface area (Å²) in [4.78, 5) is 17.7. The number of benzene rings is 1. The van der Waals surface area contributed by atoms with Crippen LogP contribution in [0.2, 0.25) is 0 Å². The smallest absolute Gasteiger partial charge is 0.252 e. The fourth-order valence-electron chi connectivity index (χ4n) is 3.59. The number of hydrogen-bond donors (Lipinski definition) is 1. The van der Waals surface area contributed by atoms with E-state index in [2.05, 4.69) is 20.5 Å². The maximum atomic E-state index is 13.1. The largest absolute Gasteiger partial charge is 0.348 e. The van der Waals surface area contributed by atoms with Crippen LogP contribution >= 0.6 is 0 Å². The average molecular weight is 388 g/mol. The normalized spacial score (nSPS) is 11.2. The average Bonchev–Trinajstić information content (AvgIpc) is 3.25. The second-order valence-electron chi connectivity index (χ2n) is 7.10. The Balaban J connectivity index is 1.71. The van der Waals surface area contributed by atoms with Crippen LogP contribution < -0.4 is 5.32 Å². The molecule has 0 aliphatic heterocycles. The topological polar surface area (TPSA) is 77.6 Å². The Morgan fingerprint density at radius 1 is 1.14 bits per heavy atom. The summed E-state index contributed by atoms with van der Waals surface area (Å²) in [6.07, 6.45) is 1.81. The molecule has 4 aromatic rings. The summed E-state index contributed by atoms with van der Waals surface area (Å²) in [6.45, 7) is 9.10. The van der Waals surface area contributed by atoms with Crippen LogP contribution in [0.3, 0.4) is 0 Å². The van der Waals surface area contributed by atoms with Gasteiger partial charge in [-0.2, -0.15) is 10.2 Å². The molecule has 3 aromatic heterocycles. The van der Waals surface area contributed by atoms with Crippen molar-refractivity contribution in [2.45, 2.75) is 40.8 Å². The lowest BCUT2D eigenvalue weighted by molar-refractivity contribution is 0.0952. The zero-order valence-electron chi connectivity index (χ0n) is 17.1. The zero-order chi connectivity index (χ0) is 20.5. The van der Waals surface area contributed by atoms with Crippen LogP contribution in [0, 0.1) is 20.8 Å². The first-order valence-corrected chi connectivity index (χ1v) is 9.71. The number of aromatic nitrogens is 5. The third-order valence-electron chi connectivity index (χ3n) is 5.13. The molecule has 4 rings (SSSR count). The van der Waals surface area contributed by atoms with Crippen molar-refractivity contribution in [2.75, 3.05) is 0 Å².